The Morgan fingerprint density at radius 3 is 2.45 bits per heavy atom. The first-order chi connectivity index (χ1) is 10.5. The summed E-state index contributed by atoms with van der Waals surface area (Å²) in [5, 5.41) is 9.16. The van der Waals surface area contributed by atoms with Crippen molar-refractivity contribution in [1.29, 1.82) is 0 Å². The van der Waals surface area contributed by atoms with Crippen molar-refractivity contribution in [2.24, 2.45) is 0 Å². The summed E-state index contributed by atoms with van der Waals surface area (Å²) in [6, 6.07) is 10.8. The molecule has 0 spiro atoms. The molecule has 0 unspecified atom stereocenters. The van der Waals surface area contributed by atoms with Crippen molar-refractivity contribution in [3.8, 4) is 11.5 Å². The fourth-order valence-corrected chi connectivity index (χ4v) is 2.34. The minimum atomic E-state index is -1.02. The van der Waals surface area contributed by atoms with Crippen LogP contribution >= 0.6 is 15.9 Å². The van der Waals surface area contributed by atoms with Gasteiger partial charge in [0.1, 0.15) is 30.3 Å². The van der Waals surface area contributed by atoms with Gasteiger partial charge in [0.2, 0.25) is 0 Å². The van der Waals surface area contributed by atoms with Crippen LogP contribution in [0, 0.1) is 13.8 Å². The van der Waals surface area contributed by atoms with Crippen LogP contribution in [0.3, 0.4) is 0 Å². The number of halogens is 1. The number of aryl methyl sites for hydroxylation is 1. The number of rotatable bonds is 6. The molecule has 0 aliphatic carbocycles. The molecule has 5 heteroatoms. The average molecular weight is 365 g/mol. The highest BCUT2D eigenvalue weighted by Crippen LogP contribution is 2.24. The van der Waals surface area contributed by atoms with Gasteiger partial charge in [-0.1, -0.05) is 28.1 Å². The minimum absolute atomic E-state index is 0.126. The zero-order valence-corrected chi connectivity index (χ0v) is 14.0. The number of benzene rings is 2. The largest absolute Gasteiger partial charge is 0.490 e. The SMILES string of the molecule is Cc1cccc(OCCOc2ccc(Br)cc2C(=O)O)c1C. The second-order valence-corrected chi connectivity index (χ2v) is 5.76. The maximum absolute atomic E-state index is 11.2. The third-order valence-corrected chi connectivity index (χ3v) is 3.82. The van der Waals surface area contributed by atoms with Crippen LogP contribution in [0.4, 0.5) is 0 Å². The Labute approximate surface area is 137 Å². The van der Waals surface area contributed by atoms with E-state index in [4.69, 9.17) is 14.6 Å². The molecular weight excluding hydrogens is 348 g/mol. The maximum Gasteiger partial charge on any atom is 0.339 e. The van der Waals surface area contributed by atoms with Crippen LogP contribution < -0.4 is 9.47 Å². The molecule has 22 heavy (non-hydrogen) atoms. The van der Waals surface area contributed by atoms with Gasteiger partial charge in [0.05, 0.1) is 0 Å². The summed E-state index contributed by atoms with van der Waals surface area (Å²) in [7, 11) is 0. The van der Waals surface area contributed by atoms with Crippen LogP contribution in [0.1, 0.15) is 21.5 Å². The molecule has 0 saturated heterocycles. The van der Waals surface area contributed by atoms with Crippen molar-refractivity contribution >= 4 is 21.9 Å². The smallest absolute Gasteiger partial charge is 0.339 e. The van der Waals surface area contributed by atoms with Crippen molar-refractivity contribution in [2.75, 3.05) is 13.2 Å². The van der Waals surface area contributed by atoms with Gasteiger partial charge in [0.25, 0.3) is 0 Å². The lowest BCUT2D eigenvalue weighted by molar-refractivity contribution is 0.0691. The van der Waals surface area contributed by atoms with Crippen LogP contribution in [0.5, 0.6) is 11.5 Å². The topological polar surface area (TPSA) is 55.8 Å². The Hall–Kier alpha value is -2.01. The Bertz CT molecular complexity index is 682. The van der Waals surface area contributed by atoms with E-state index in [0.29, 0.717) is 16.8 Å². The van der Waals surface area contributed by atoms with Crippen molar-refractivity contribution in [1.82, 2.24) is 0 Å². The predicted octanol–water partition coefficient (Wildman–Crippen LogP) is 4.22. The third-order valence-electron chi connectivity index (χ3n) is 3.33. The van der Waals surface area contributed by atoms with Crippen molar-refractivity contribution in [3.63, 3.8) is 0 Å². The molecule has 2 aromatic carbocycles. The molecule has 116 valence electrons. The van der Waals surface area contributed by atoms with Crippen molar-refractivity contribution in [3.05, 3.63) is 57.6 Å². The number of ether oxygens (including phenoxy) is 2. The van der Waals surface area contributed by atoms with Gasteiger partial charge < -0.3 is 14.6 Å². The van der Waals surface area contributed by atoms with Crippen LogP contribution in [0.15, 0.2) is 40.9 Å². The molecule has 0 radical (unpaired) electrons. The lowest BCUT2D eigenvalue weighted by atomic mass is 10.1. The maximum atomic E-state index is 11.2. The molecule has 0 fully saturated rings. The predicted molar refractivity (Wildman–Crippen MR) is 88.0 cm³/mol. The van der Waals surface area contributed by atoms with Gasteiger partial charge in [-0.15, -0.1) is 0 Å². The standard InChI is InChI=1S/C17H17BrO4/c1-11-4-3-5-15(12(11)2)21-8-9-22-16-7-6-13(18)10-14(16)17(19)20/h3-7,10H,8-9H2,1-2H3,(H,19,20). The lowest BCUT2D eigenvalue weighted by Crippen LogP contribution is -2.12. The summed E-state index contributed by atoms with van der Waals surface area (Å²) in [5.41, 5.74) is 2.39. The van der Waals surface area contributed by atoms with E-state index in [1.165, 1.54) is 11.6 Å². The van der Waals surface area contributed by atoms with E-state index in [1.807, 2.05) is 32.0 Å². The quantitative estimate of drug-likeness (QED) is 0.779. The highest BCUT2D eigenvalue weighted by Gasteiger charge is 2.12. The van der Waals surface area contributed by atoms with Crippen LogP contribution in [-0.4, -0.2) is 24.3 Å². The number of hydrogen-bond acceptors (Lipinski definition) is 3. The molecule has 0 saturated carbocycles. The number of carboxylic acid groups (broad SMARTS) is 1. The first-order valence-corrected chi connectivity index (χ1v) is 7.63. The Morgan fingerprint density at radius 1 is 1.09 bits per heavy atom. The van der Waals surface area contributed by atoms with Gasteiger partial charge in [-0.2, -0.15) is 0 Å². The van der Waals surface area contributed by atoms with E-state index < -0.39 is 5.97 Å². The molecule has 2 rings (SSSR count). The molecule has 1 N–H and O–H groups in total. The summed E-state index contributed by atoms with van der Waals surface area (Å²) in [6.45, 7) is 4.65. The normalized spacial score (nSPS) is 10.3. The Balaban J connectivity index is 1.94. The first kappa shape index (κ1) is 16.4. The van der Waals surface area contributed by atoms with Gasteiger partial charge in [-0.25, -0.2) is 4.79 Å². The van der Waals surface area contributed by atoms with E-state index in [2.05, 4.69) is 15.9 Å². The number of hydrogen-bond donors (Lipinski definition) is 1. The molecule has 0 bridgehead atoms. The van der Waals surface area contributed by atoms with Crippen molar-refractivity contribution in [2.45, 2.75) is 13.8 Å². The summed E-state index contributed by atoms with van der Waals surface area (Å²) in [5.74, 6) is 0.130. The molecule has 4 nitrogen and oxygen atoms in total. The van der Waals surface area contributed by atoms with Crippen LogP contribution in [0.2, 0.25) is 0 Å². The molecule has 2 aromatic rings. The second-order valence-electron chi connectivity index (χ2n) is 4.84. The number of carbonyl (C=O) groups is 1. The first-order valence-electron chi connectivity index (χ1n) is 6.83. The van der Waals surface area contributed by atoms with Crippen LogP contribution in [0.25, 0.3) is 0 Å². The second kappa shape index (κ2) is 7.31. The number of aromatic carboxylic acids is 1. The number of carboxylic acids is 1. The highest BCUT2D eigenvalue weighted by atomic mass is 79.9. The zero-order valence-electron chi connectivity index (χ0n) is 12.4. The molecule has 0 heterocycles. The molecule has 0 aliphatic rings. The molecule has 0 atom stereocenters. The summed E-state index contributed by atoms with van der Waals surface area (Å²) < 4.78 is 11.9. The van der Waals surface area contributed by atoms with Gasteiger partial charge in [0.15, 0.2) is 0 Å². The fourth-order valence-electron chi connectivity index (χ4n) is 1.98. The minimum Gasteiger partial charge on any atom is -0.490 e. The summed E-state index contributed by atoms with van der Waals surface area (Å²) >= 11 is 3.25. The van der Waals surface area contributed by atoms with E-state index in [0.717, 1.165) is 11.3 Å². The molecular formula is C17H17BrO4. The fraction of sp³-hybridized carbons (Fsp3) is 0.235. The van der Waals surface area contributed by atoms with E-state index in [9.17, 15) is 4.79 Å². The molecule has 0 aromatic heterocycles. The van der Waals surface area contributed by atoms with E-state index in [-0.39, 0.29) is 12.2 Å². The Morgan fingerprint density at radius 2 is 1.77 bits per heavy atom. The average Bonchev–Trinajstić information content (AvgIpc) is 2.48. The van der Waals surface area contributed by atoms with Gasteiger partial charge in [-0.3, -0.25) is 0 Å². The van der Waals surface area contributed by atoms with Crippen LogP contribution in [-0.2, 0) is 0 Å². The van der Waals surface area contributed by atoms with E-state index >= 15 is 0 Å². The van der Waals surface area contributed by atoms with Crippen molar-refractivity contribution < 1.29 is 19.4 Å². The van der Waals surface area contributed by atoms with Gasteiger partial charge in [-0.05, 0) is 49.2 Å². The Kier molecular flexibility index (Phi) is 5.44. The highest BCUT2D eigenvalue weighted by molar-refractivity contribution is 9.10. The summed E-state index contributed by atoms with van der Waals surface area (Å²) in [4.78, 5) is 11.2. The lowest BCUT2D eigenvalue weighted by Gasteiger charge is -2.12. The van der Waals surface area contributed by atoms with E-state index in [1.54, 1.807) is 12.1 Å². The summed E-state index contributed by atoms with van der Waals surface area (Å²) in [6.07, 6.45) is 0. The van der Waals surface area contributed by atoms with Gasteiger partial charge in [0, 0.05) is 4.47 Å². The monoisotopic (exact) mass is 364 g/mol. The zero-order chi connectivity index (χ0) is 16.1. The van der Waals surface area contributed by atoms with Gasteiger partial charge >= 0.3 is 5.97 Å². The third kappa shape index (κ3) is 4.01. The molecule has 0 aliphatic heterocycles. The molecule has 0 amide bonds.